The lowest BCUT2D eigenvalue weighted by Crippen LogP contribution is -2.42. The maximum atomic E-state index is 12.8. The Bertz CT molecular complexity index is 790. The zero-order valence-electron chi connectivity index (χ0n) is 13.9. The average Bonchev–Trinajstić information content (AvgIpc) is 2.64. The molecule has 0 aliphatic heterocycles. The average molecular weight is 377 g/mol. The van der Waals surface area contributed by atoms with Gasteiger partial charge in [-0.15, -0.1) is 0 Å². The van der Waals surface area contributed by atoms with Gasteiger partial charge in [0.2, 0.25) is 5.91 Å². The number of aliphatic carboxylic acids is 1. The fourth-order valence-corrected chi connectivity index (χ4v) is 2.29. The molecule has 2 N–H and O–H groups in total. The monoisotopic (exact) mass is 376 g/mol. The second-order valence-corrected chi connectivity index (χ2v) is 5.70. The quantitative estimate of drug-likeness (QED) is 0.772. The minimum atomic E-state index is -1.17. The van der Waals surface area contributed by atoms with Crippen molar-refractivity contribution in [1.82, 2.24) is 5.32 Å². The fourth-order valence-electron chi connectivity index (χ4n) is 2.16. The first-order chi connectivity index (χ1) is 12.4. The summed E-state index contributed by atoms with van der Waals surface area (Å²) in [4.78, 5) is 36.7. The molecule has 0 aliphatic carbocycles. The highest BCUT2D eigenvalue weighted by Gasteiger charge is 2.21. The zero-order chi connectivity index (χ0) is 19.1. The minimum absolute atomic E-state index is 0.332. The minimum Gasteiger partial charge on any atom is -0.497 e. The van der Waals surface area contributed by atoms with E-state index in [0.29, 0.717) is 22.0 Å². The number of rotatable bonds is 7. The predicted octanol–water partition coefficient (Wildman–Crippen LogP) is 2.20. The van der Waals surface area contributed by atoms with Crippen molar-refractivity contribution >= 4 is 35.1 Å². The Balaban J connectivity index is 2.27. The molecule has 0 radical (unpaired) electrons. The first kappa shape index (κ1) is 19.3. The molecule has 0 saturated carbocycles. The van der Waals surface area contributed by atoms with Gasteiger partial charge in [0.05, 0.1) is 7.11 Å². The van der Waals surface area contributed by atoms with Crippen LogP contribution in [0.25, 0.3) is 0 Å². The summed E-state index contributed by atoms with van der Waals surface area (Å²) in [5.74, 6) is -1.58. The number of carboxylic acids is 1. The third-order valence-electron chi connectivity index (χ3n) is 3.46. The number of anilines is 1. The van der Waals surface area contributed by atoms with E-state index in [1.165, 1.54) is 12.0 Å². The van der Waals surface area contributed by atoms with Crippen LogP contribution in [0.15, 0.2) is 48.5 Å². The molecule has 136 valence electrons. The van der Waals surface area contributed by atoms with Crippen molar-refractivity contribution in [3.05, 3.63) is 59.1 Å². The summed E-state index contributed by atoms with van der Waals surface area (Å²) in [5.41, 5.74) is 0.812. The lowest BCUT2D eigenvalue weighted by Gasteiger charge is -2.22. The second-order valence-electron chi connectivity index (χ2n) is 5.27. The van der Waals surface area contributed by atoms with Crippen LogP contribution in [-0.4, -0.2) is 43.1 Å². The summed E-state index contributed by atoms with van der Waals surface area (Å²) < 4.78 is 5.09. The molecular weight excluding hydrogens is 360 g/mol. The highest BCUT2D eigenvalue weighted by atomic mass is 35.5. The highest BCUT2D eigenvalue weighted by molar-refractivity contribution is 6.30. The Morgan fingerprint density at radius 2 is 1.69 bits per heavy atom. The molecule has 2 aromatic carbocycles. The van der Waals surface area contributed by atoms with Crippen molar-refractivity contribution in [2.75, 3.05) is 25.1 Å². The van der Waals surface area contributed by atoms with Gasteiger partial charge in [-0.25, -0.2) is 0 Å². The number of hydrogen-bond donors (Lipinski definition) is 2. The van der Waals surface area contributed by atoms with E-state index >= 15 is 0 Å². The summed E-state index contributed by atoms with van der Waals surface area (Å²) in [6.45, 7) is -0.856. The number of nitrogens with zero attached hydrogens (tertiary/aromatic N) is 1. The van der Waals surface area contributed by atoms with Crippen molar-refractivity contribution in [3.8, 4) is 5.75 Å². The largest absolute Gasteiger partial charge is 0.497 e. The number of carbonyl (C=O) groups is 3. The summed E-state index contributed by atoms with van der Waals surface area (Å²) in [5, 5.41) is 11.4. The van der Waals surface area contributed by atoms with E-state index in [1.807, 2.05) is 0 Å². The molecule has 2 rings (SSSR count). The number of carbonyl (C=O) groups excluding carboxylic acids is 2. The molecule has 2 aromatic rings. The van der Waals surface area contributed by atoms with Crippen LogP contribution < -0.4 is 15.0 Å². The number of hydrogen-bond acceptors (Lipinski definition) is 4. The highest BCUT2D eigenvalue weighted by Crippen LogP contribution is 2.21. The van der Waals surface area contributed by atoms with E-state index in [4.69, 9.17) is 21.4 Å². The van der Waals surface area contributed by atoms with Gasteiger partial charge in [0.15, 0.2) is 0 Å². The Kier molecular flexibility index (Phi) is 6.57. The molecule has 0 bridgehead atoms. The molecule has 0 fully saturated rings. The molecule has 0 unspecified atom stereocenters. The summed E-state index contributed by atoms with van der Waals surface area (Å²) in [6, 6.07) is 12.8. The maximum Gasteiger partial charge on any atom is 0.322 e. The Hall–Kier alpha value is -3.06. The van der Waals surface area contributed by atoms with Gasteiger partial charge in [-0.05, 0) is 48.5 Å². The molecule has 26 heavy (non-hydrogen) atoms. The van der Waals surface area contributed by atoms with Gasteiger partial charge >= 0.3 is 5.97 Å². The van der Waals surface area contributed by atoms with Crippen molar-refractivity contribution < 1.29 is 24.2 Å². The van der Waals surface area contributed by atoms with Gasteiger partial charge in [-0.3, -0.25) is 19.3 Å². The van der Waals surface area contributed by atoms with Gasteiger partial charge in [-0.2, -0.15) is 0 Å². The lowest BCUT2D eigenvalue weighted by molar-refractivity contribution is -0.137. The molecular formula is C18H17ClN2O5. The molecule has 0 aliphatic rings. The third-order valence-corrected chi connectivity index (χ3v) is 3.71. The summed E-state index contributed by atoms with van der Waals surface area (Å²) in [7, 11) is 1.52. The fraction of sp³-hybridized carbons (Fsp3) is 0.167. The van der Waals surface area contributed by atoms with Crippen LogP contribution in [-0.2, 0) is 9.59 Å². The number of ether oxygens (including phenoxy) is 1. The number of halogens is 1. The molecule has 0 spiro atoms. The smallest absolute Gasteiger partial charge is 0.322 e. The predicted molar refractivity (Wildman–Crippen MR) is 96.8 cm³/mol. The standard InChI is InChI=1S/C18H17ClN2O5/c1-26-15-8-6-14(7-9-15)21(11-16(22)20-10-17(23)24)18(25)12-2-4-13(19)5-3-12/h2-9H,10-11H2,1H3,(H,20,22)(H,23,24). The van der Waals surface area contributed by atoms with Crippen molar-refractivity contribution in [3.63, 3.8) is 0 Å². The normalized spacial score (nSPS) is 10.1. The van der Waals surface area contributed by atoms with E-state index in [2.05, 4.69) is 5.32 Å². The van der Waals surface area contributed by atoms with Crippen LogP contribution in [0, 0.1) is 0 Å². The van der Waals surface area contributed by atoms with Crippen LogP contribution >= 0.6 is 11.6 Å². The number of amides is 2. The van der Waals surface area contributed by atoms with E-state index in [9.17, 15) is 14.4 Å². The second kappa shape index (κ2) is 8.87. The first-order valence-electron chi connectivity index (χ1n) is 7.60. The third kappa shape index (κ3) is 5.22. The number of nitrogens with one attached hydrogen (secondary N) is 1. The molecule has 2 amide bonds. The summed E-state index contributed by atoms with van der Waals surface area (Å²) in [6.07, 6.45) is 0. The van der Waals surface area contributed by atoms with Crippen molar-refractivity contribution in [1.29, 1.82) is 0 Å². The Morgan fingerprint density at radius 1 is 1.08 bits per heavy atom. The number of carboxylic acid groups (broad SMARTS) is 1. The topological polar surface area (TPSA) is 95.9 Å². The molecule has 0 heterocycles. The molecule has 7 nitrogen and oxygen atoms in total. The van der Waals surface area contributed by atoms with E-state index in [0.717, 1.165) is 0 Å². The van der Waals surface area contributed by atoms with Gasteiger partial charge in [-0.1, -0.05) is 11.6 Å². The van der Waals surface area contributed by atoms with Gasteiger partial charge in [0, 0.05) is 16.3 Å². The molecule has 0 aromatic heterocycles. The van der Waals surface area contributed by atoms with Crippen LogP contribution in [0.2, 0.25) is 5.02 Å². The molecule has 0 saturated heterocycles. The summed E-state index contributed by atoms with van der Waals surface area (Å²) >= 11 is 5.84. The van der Waals surface area contributed by atoms with Crippen LogP contribution in [0.1, 0.15) is 10.4 Å². The zero-order valence-corrected chi connectivity index (χ0v) is 14.7. The van der Waals surface area contributed by atoms with E-state index in [-0.39, 0.29) is 6.54 Å². The maximum absolute atomic E-state index is 12.8. The van der Waals surface area contributed by atoms with Crippen LogP contribution in [0.4, 0.5) is 5.69 Å². The Morgan fingerprint density at radius 3 is 2.23 bits per heavy atom. The number of benzene rings is 2. The van der Waals surface area contributed by atoms with Crippen molar-refractivity contribution in [2.45, 2.75) is 0 Å². The van der Waals surface area contributed by atoms with Crippen LogP contribution in [0.3, 0.4) is 0 Å². The molecule has 0 atom stereocenters. The Labute approximate surface area is 155 Å². The van der Waals surface area contributed by atoms with Gasteiger partial charge in [0.1, 0.15) is 18.8 Å². The van der Waals surface area contributed by atoms with Gasteiger partial charge in [0.25, 0.3) is 5.91 Å². The van der Waals surface area contributed by atoms with E-state index < -0.39 is 24.3 Å². The molecule has 8 heteroatoms. The van der Waals surface area contributed by atoms with Crippen molar-refractivity contribution in [2.24, 2.45) is 0 Å². The number of methoxy groups -OCH3 is 1. The lowest BCUT2D eigenvalue weighted by atomic mass is 10.1. The van der Waals surface area contributed by atoms with Gasteiger partial charge < -0.3 is 15.2 Å². The van der Waals surface area contributed by atoms with E-state index in [1.54, 1.807) is 48.5 Å². The first-order valence-corrected chi connectivity index (χ1v) is 7.98. The van der Waals surface area contributed by atoms with Crippen LogP contribution in [0.5, 0.6) is 5.75 Å². The SMILES string of the molecule is COc1ccc(N(CC(=O)NCC(=O)O)C(=O)c2ccc(Cl)cc2)cc1.